The third-order valence-corrected chi connectivity index (χ3v) is 4.04. The summed E-state index contributed by atoms with van der Waals surface area (Å²) in [4.78, 5) is 23.8. The first-order chi connectivity index (χ1) is 11.0. The van der Waals surface area contributed by atoms with Crippen molar-refractivity contribution in [2.24, 2.45) is 5.92 Å². The molecule has 1 unspecified atom stereocenters. The Kier molecular flexibility index (Phi) is 6.17. The number of carboxylic acids is 1. The summed E-state index contributed by atoms with van der Waals surface area (Å²) in [5, 5.41) is 13.4. The van der Waals surface area contributed by atoms with Crippen LogP contribution in [0.2, 0.25) is 0 Å². The second kappa shape index (κ2) is 8.33. The molecule has 2 N–H and O–H groups in total. The number of benzene rings is 1. The number of carboxylic acid groups (broad SMARTS) is 1. The summed E-state index contributed by atoms with van der Waals surface area (Å²) in [7, 11) is 0. The maximum atomic E-state index is 12.1. The van der Waals surface area contributed by atoms with Crippen LogP contribution >= 0.6 is 11.3 Å². The van der Waals surface area contributed by atoms with Crippen LogP contribution in [0.4, 0.5) is 0 Å². The van der Waals surface area contributed by atoms with Crippen molar-refractivity contribution >= 4 is 23.2 Å². The van der Waals surface area contributed by atoms with Gasteiger partial charge in [-0.2, -0.15) is 0 Å². The van der Waals surface area contributed by atoms with Gasteiger partial charge in [-0.15, -0.1) is 11.3 Å². The lowest BCUT2D eigenvalue weighted by molar-refractivity contribution is -0.137. The Morgan fingerprint density at radius 3 is 2.83 bits per heavy atom. The fraction of sp³-hybridized carbons (Fsp3) is 0.294. The Morgan fingerprint density at radius 1 is 1.30 bits per heavy atom. The van der Waals surface area contributed by atoms with Crippen molar-refractivity contribution < 1.29 is 19.4 Å². The molecule has 23 heavy (non-hydrogen) atoms. The first-order valence-electron chi connectivity index (χ1n) is 7.30. The first-order valence-corrected chi connectivity index (χ1v) is 8.18. The van der Waals surface area contributed by atoms with Gasteiger partial charge in [0.1, 0.15) is 12.4 Å². The molecule has 1 atom stereocenters. The minimum Gasteiger partial charge on any atom is -0.488 e. The molecule has 0 fully saturated rings. The van der Waals surface area contributed by atoms with Gasteiger partial charge in [-0.1, -0.05) is 19.1 Å². The van der Waals surface area contributed by atoms with Crippen molar-refractivity contribution in [3.8, 4) is 5.75 Å². The number of aliphatic carboxylic acids is 1. The third-order valence-electron chi connectivity index (χ3n) is 3.19. The van der Waals surface area contributed by atoms with Crippen molar-refractivity contribution in [3.05, 3.63) is 52.2 Å². The van der Waals surface area contributed by atoms with Crippen molar-refractivity contribution in [1.29, 1.82) is 0 Å². The van der Waals surface area contributed by atoms with E-state index in [9.17, 15) is 9.59 Å². The molecule has 0 saturated carbocycles. The van der Waals surface area contributed by atoms with Crippen LogP contribution < -0.4 is 10.1 Å². The molecule has 0 aliphatic heterocycles. The number of carbonyl (C=O) groups excluding carboxylic acids is 1. The molecule has 6 heteroatoms. The monoisotopic (exact) mass is 333 g/mol. The van der Waals surface area contributed by atoms with Crippen LogP contribution in [0.15, 0.2) is 41.8 Å². The van der Waals surface area contributed by atoms with Gasteiger partial charge in [0.25, 0.3) is 5.91 Å². The Balaban J connectivity index is 1.88. The Hall–Kier alpha value is -2.34. The highest BCUT2D eigenvalue weighted by molar-refractivity contribution is 7.09. The van der Waals surface area contributed by atoms with Crippen LogP contribution in [-0.4, -0.2) is 23.5 Å². The Morgan fingerprint density at radius 2 is 2.13 bits per heavy atom. The summed E-state index contributed by atoms with van der Waals surface area (Å²) in [6.45, 7) is 2.58. The van der Waals surface area contributed by atoms with E-state index in [0.29, 0.717) is 24.5 Å². The normalized spacial score (nSPS) is 11.7. The topological polar surface area (TPSA) is 75.6 Å². The minimum atomic E-state index is -0.865. The predicted octanol–water partition coefficient (Wildman–Crippen LogP) is 3.17. The molecule has 5 nitrogen and oxygen atoms in total. The molecule has 0 saturated heterocycles. The molecule has 1 heterocycles. The van der Waals surface area contributed by atoms with E-state index in [1.807, 2.05) is 17.5 Å². The van der Waals surface area contributed by atoms with Gasteiger partial charge < -0.3 is 15.2 Å². The van der Waals surface area contributed by atoms with Crippen LogP contribution in [0.3, 0.4) is 0 Å². The van der Waals surface area contributed by atoms with E-state index < -0.39 is 5.97 Å². The summed E-state index contributed by atoms with van der Waals surface area (Å²) in [5.74, 6) is -0.584. The fourth-order valence-corrected chi connectivity index (χ4v) is 2.63. The molecule has 0 aliphatic rings. The predicted molar refractivity (Wildman–Crippen MR) is 88.8 cm³/mol. The lowest BCUT2D eigenvalue weighted by atomic mass is 10.1. The lowest BCUT2D eigenvalue weighted by Gasteiger charge is -2.11. The summed E-state index contributed by atoms with van der Waals surface area (Å²) in [6.07, 6.45) is 0.0320. The van der Waals surface area contributed by atoms with Gasteiger partial charge in [0.05, 0.1) is 0 Å². The highest BCUT2D eigenvalue weighted by atomic mass is 32.1. The third kappa shape index (κ3) is 5.75. The van der Waals surface area contributed by atoms with E-state index >= 15 is 0 Å². The van der Waals surface area contributed by atoms with Gasteiger partial charge in [0.2, 0.25) is 0 Å². The van der Waals surface area contributed by atoms with E-state index in [4.69, 9.17) is 9.84 Å². The van der Waals surface area contributed by atoms with Gasteiger partial charge in [0.15, 0.2) is 0 Å². The molecule has 2 aromatic rings. The summed E-state index contributed by atoms with van der Waals surface area (Å²) < 4.78 is 5.67. The van der Waals surface area contributed by atoms with Crippen LogP contribution in [0.25, 0.3) is 0 Å². The van der Waals surface area contributed by atoms with E-state index in [0.717, 1.165) is 4.88 Å². The second-order valence-corrected chi connectivity index (χ2v) is 6.34. The maximum Gasteiger partial charge on any atom is 0.303 e. The van der Waals surface area contributed by atoms with E-state index in [1.54, 1.807) is 42.5 Å². The van der Waals surface area contributed by atoms with Crippen molar-refractivity contribution in [2.75, 3.05) is 6.54 Å². The molecule has 0 spiro atoms. The Bertz CT molecular complexity index is 654. The highest BCUT2D eigenvalue weighted by Crippen LogP contribution is 2.17. The molecule has 1 aromatic carbocycles. The van der Waals surface area contributed by atoms with Gasteiger partial charge in [-0.25, -0.2) is 0 Å². The van der Waals surface area contributed by atoms with Gasteiger partial charge in [0, 0.05) is 23.4 Å². The number of thiophene rings is 1. The minimum absolute atomic E-state index is 0.0320. The summed E-state index contributed by atoms with van der Waals surface area (Å²) in [5.41, 5.74) is 0.496. The molecule has 122 valence electrons. The average molecular weight is 333 g/mol. The van der Waals surface area contributed by atoms with E-state index in [1.165, 1.54) is 0 Å². The summed E-state index contributed by atoms with van der Waals surface area (Å²) in [6, 6.07) is 10.9. The SMILES string of the molecule is CC(CNC(=O)c1cccc(OCc2cccs2)c1)CC(=O)O. The number of nitrogens with one attached hydrogen (secondary N) is 1. The largest absolute Gasteiger partial charge is 0.488 e. The molecule has 2 rings (SSSR count). The van der Waals surface area contributed by atoms with Gasteiger partial charge in [-0.05, 0) is 35.6 Å². The zero-order valence-corrected chi connectivity index (χ0v) is 13.6. The van der Waals surface area contributed by atoms with Crippen LogP contribution in [0.5, 0.6) is 5.75 Å². The number of hydrogen-bond donors (Lipinski definition) is 2. The highest BCUT2D eigenvalue weighted by Gasteiger charge is 2.11. The van der Waals surface area contributed by atoms with Crippen molar-refractivity contribution in [1.82, 2.24) is 5.32 Å². The van der Waals surface area contributed by atoms with E-state index in [2.05, 4.69) is 5.32 Å². The number of rotatable bonds is 8. The molecular weight excluding hydrogens is 314 g/mol. The second-order valence-electron chi connectivity index (χ2n) is 5.31. The van der Waals surface area contributed by atoms with Crippen molar-refractivity contribution in [2.45, 2.75) is 20.0 Å². The number of amides is 1. The molecule has 0 radical (unpaired) electrons. The molecule has 0 bridgehead atoms. The quantitative estimate of drug-likeness (QED) is 0.778. The smallest absolute Gasteiger partial charge is 0.303 e. The average Bonchev–Trinajstić information content (AvgIpc) is 3.03. The molecular formula is C17H19NO4S. The van der Waals surface area contributed by atoms with Crippen LogP contribution in [0, 0.1) is 5.92 Å². The van der Waals surface area contributed by atoms with Gasteiger partial charge in [-0.3, -0.25) is 9.59 Å². The molecule has 1 amide bonds. The van der Waals surface area contributed by atoms with Gasteiger partial charge >= 0.3 is 5.97 Å². The lowest BCUT2D eigenvalue weighted by Crippen LogP contribution is -2.29. The molecule has 1 aromatic heterocycles. The zero-order valence-electron chi connectivity index (χ0n) is 12.8. The standard InChI is InChI=1S/C17H19NO4S/c1-12(8-16(19)20)10-18-17(21)13-4-2-5-14(9-13)22-11-15-6-3-7-23-15/h2-7,9,12H,8,10-11H2,1H3,(H,18,21)(H,19,20). The maximum absolute atomic E-state index is 12.1. The fourth-order valence-electron chi connectivity index (χ4n) is 2.02. The number of hydrogen-bond acceptors (Lipinski definition) is 4. The molecule has 0 aliphatic carbocycles. The van der Waals surface area contributed by atoms with Crippen molar-refractivity contribution in [3.63, 3.8) is 0 Å². The zero-order chi connectivity index (χ0) is 16.7. The summed E-state index contributed by atoms with van der Waals surface area (Å²) >= 11 is 1.62. The number of carbonyl (C=O) groups is 2. The van der Waals surface area contributed by atoms with Crippen LogP contribution in [-0.2, 0) is 11.4 Å². The number of ether oxygens (including phenoxy) is 1. The van der Waals surface area contributed by atoms with Crippen LogP contribution in [0.1, 0.15) is 28.6 Å². The Labute approximate surface area is 138 Å². The first kappa shape index (κ1) is 17.0. The van der Waals surface area contributed by atoms with E-state index in [-0.39, 0.29) is 18.2 Å².